The van der Waals surface area contributed by atoms with Gasteiger partial charge >= 0.3 is 0 Å². The first-order valence-corrected chi connectivity index (χ1v) is 8.47. The van der Waals surface area contributed by atoms with E-state index >= 15 is 0 Å². The molecule has 0 saturated carbocycles. The Morgan fingerprint density at radius 1 is 1.16 bits per heavy atom. The van der Waals surface area contributed by atoms with Gasteiger partial charge in [0.15, 0.2) is 5.69 Å². The molecule has 0 atom stereocenters. The lowest BCUT2D eigenvalue weighted by atomic mass is 10.0. The number of nitrogens with one attached hydrogen (secondary N) is 3. The van der Waals surface area contributed by atoms with Gasteiger partial charge in [0.2, 0.25) is 0 Å². The van der Waals surface area contributed by atoms with Crippen LogP contribution in [0.1, 0.15) is 23.3 Å². The lowest BCUT2D eigenvalue weighted by Gasteiger charge is -2.23. The maximum Gasteiger partial charge on any atom is 0.272 e. The van der Waals surface area contributed by atoms with Gasteiger partial charge in [-0.15, -0.1) is 0 Å². The Morgan fingerprint density at radius 3 is 2.76 bits per heavy atom. The zero-order valence-electron chi connectivity index (χ0n) is 13.7. The molecule has 3 aromatic rings. The number of amides is 1. The fraction of sp³-hybridized carbons (Fsp3) is 0.263. The van der Waals surface area contributed by atoms with Gasteiger partial charge in [-0.25, -0.2) is 4.39 Å². The topological polar surface area (TPSA) is 69.8 Å². The van der Waals surface area contributed by atoms with Crippen LogP contribution in [0.25, 0.3) is 22.0 Å². The van der Waals surface area contributed by atoms with Gasteiger partial charge in [0.05, 0.1) is 5.52 Å². The van der Waals surface area contributed by atoms with Crippen molar-refractivity contribution >= 4 is 16.8 Å². The molecule has 5 nitrogen and oxygen atoms in total. The molecule has 1 aromatic heterocycles. The van der Waals surface area contributed by atoms with E-state index < -0.39 is 0 Å². The normalized spacial score (nSPS) is 15.4. The number of halogens is 1. The second kappa shape index (κ2) is 6.64. The van der Waals surface area contributed by atoms with E-state index in [9.17, 15) is 9.18 Å². The van der Waals surface area contributed by atoms with Crippen molar-refractivity contribution in [3.63, 3.8) is 0 Å². The minimum Gasteiger partial charge on any atom is -0.348 e. The fourth-order valence-corrected chi connectivity index (χ4v) is 3.27. The van der Waals surface area contributed by atoms with Crippen LogP contribution in [0, 0.1) is 5.82 Å². The predicted octanol–water partition coefficient (Wildman–Crippen LogP) is 2.85. The van der Waals surface area contributed by atoms with Gasteiger partial charge in [0, 0.05) is 17.0 Å². The van der Waals surface area contributed by atoms with Gasteiger partial charge in [0.1, 0.15) is 5.82 Å². The van der Waals surface area contributed by atoms with Crippen LogP contribution in [0.15, 0.2) is 42.5 Å². The maximum atomic E-state index is 14.1. The molecule has 0 unspecified atom stereocenters. The summed E-state index contributed by atoms with van der Waals surface area (Å²) in [5, 5.41) is 14.1. The number of H-pyrrole nitrogens is 1. The second-order valence-corrected chi connectivity index (χ2v) is 6.31. The molecular weight excluding hydrogens is 319 g/mol. The Kier molecular flexibility index (Phi) is 4.19. The number of aromatic nitrogens is 2. The van der Waals surface area contributed by atoms with Crippen molar-refractivity contribution in [1.29, 1.82) is 0 Å². The van der Waals surface area contributed by atoms with E-state index in [0.29, 0.717) is 16.6 Å². The van der Waals surface area contributed by atoms with Crippen LogP contribution < -0.4 is 10.6 Å². The van der Waals surface area contributed by atoms with Gasteiger partial charge in [0.25, 0.3) is 5.91 Å². The highest BCUT2D eigenvalue weighted by Crippen LogP contribution is 2.27. The number of piperidine rings is 1. The van der Waals surface area contributed by atoms with Gasteiger partial charge in [-0.1, -0.05) is 24.3 Å². The van der Waals surface area contributed by atoms with Crippen molar-refractivity contribution in [1.82, 2.24) is 20.8 Å². The summed E-state index contributed by atoms with van der Waals surface area (Å²) in [7, 11) is 0. The number of carbonyl (C=O) groups excluding carboxylic acids is 1. The Balaban J connectivity index is 1.67. The van der Waals surface area contributed by atoms with E-state index in [1.807, 2.05) is 18.2 Å². The number of rotatable bonds is 3. The highest BCUT2D eigenvalue weighted by molar-refractivity contribution is 6.05. The quantitative estimate of drug-likeness (QED) is 0.688. The van der Waals surface area contributed by atoms with Crippen molar-refractivity contribution in [3.05, 3.63) is 54.0 Å². The van der Waals surface area contributed by atoms with Gasteiger partial charge < -0.3 is 10.6 Å². The summed E-state index contributed by atoms with van der Waals surface area (Å²) in [5.74, 6) is -0.477. The van der Waals surface area contributed by atoms with Crippen molar-refractivity contribution in [3.8, 4) is 11.1 Å². The summed E-state index contributed by atoms with van der Waals surface area (Å²) in [6, 6.07) is 12.2. The van der Waals surface area contributed by atoms with E-state index in [-0.39, 0.29) is 17.8 Å². The van der Waals surface area contributed by atoms with Crippen LogP contribution in [0.4, 0.5) is 4.39 Å². The molecule has 2 aromatic carbocycles. The minimum atomic E-state index is -0.286. The highest BCUT2D eigenvalue weighted by Gasteiger charge is 2.20. The summed E-state index contributed by atoms with van der Waals surface area (Å²) in [6.07, 6.45) is 1.82. The van der Waals surface area contributed by atoms with Crippen LogP contribution in [0.3, 0.4) is 0 Å². The Hall–Kier alpha value is -2.73. The molecule has 0 aliphatic carbocycles. The molecule has 2 heterocycles. The van der Waals surface area contributed by atoms with Gasteiger partial charge in [-0.2, -0.15) is 5.10 Å². The second-order valence-electron chi connectivity index (χ2n) is 6.31. The van der Waals surface area contributed by atoms with Crippen molar-refractivity contribution in [2.45, 2.75) is 18.9 Å². The van der Waals surface area contributed by atoms with E-state index in [1.54, 1.807) is 18.2 Å². The predicted molar refractivity (Wildman–Crippen MR) is 94.8 cm³/mol. The fourth-order valence-electron chi connectivity index (χ4n) is 3.27. The zero-order valence-corrected chi connectivity index (χ0v) is 13.7. The van der Waals surface area contributed by atoms with Crippen LogP contribution in [-0.2, 0) is 0 Å². The molecule has 1 aliphatic rings. The van der Waals surface area contributed by atoms with E-state index in [1.165, 1.54) is 6.07 Å². The molecule has 3 N–H and O–H groups in total. The van der Waals surface area contributed by atoms with Gasteiger partial charge in [-0.05, 0) is 49.7 Å². The average molecular weight is 338 g/mol. The molecule has 6 heteroatoms. The molecule has 1 amide bonds. The first-order chi connectivity index (χ1) is 12.2. The first kappa shape index (κ1) is 15.8. The van der Waals surface area contributed by atoms with E-state index in [2.05, 4.69) is 20.8 Å². The molecule has 0 spiro atoms. The third-order valence-electron chi connectivity index (χ3n) is 4.64. The molecule has 1 aliphatic heterocycles. The SMILES string of the molecule is O=C(NC1CCNCC1)c1n[nH]c2ccc(-c3ccccc3F)cc12. The Bertz CT molecular complexity index is 915. The Labute approximate surface area is 144 Å². The highest BCUT2D eigenvalue weighted by atomic mass is 19.1. The molecule has 1 fully saturated rings. The third-order valence-corrected chi connectivity index (χ3v) is 4.64. The number of nitrogens with zero attached hydrogens (tertiary/aromatic N) is 1. The third kappa shape index (κ3) is 3.13. The summed E-state index contributed by atoms with van der Waals surface area (Å²) in [5.41, 5.74) is 2.35. The smallest absolute Gasteiger partial charge is 0.272 e. The zero-order chi connectivity index (χ0) is 17.2. The summed E-state index contributed by atoms with van der Waals surface area (Å²) >= 11 is 0. The largest absolute Gasteiger partial charge is 0.348 e. The molecule has 0 bridgehead atoms. The molecule has 25 heavy (non-hydrogen) atoms. The average Bonchev–Trinajstić information content (AvgIpc) is 3.06. The molecule has 1 saturated heterocycles. The minimum absolute atomic E-state index is 0.162. The number of carbonyl (C=O) groups is 1. The molecule has 128 valence electrons. The lowest BCUT2D eigenvalue weighted by Crippen LogP contribution is -2.42. The van der Waals surface area contributed by atoms with Crippen molar-refractivity contribution < 1.29 is 9.18 Å². The Morgan fingerprint density at radius 2 is 1.96 bits per heavy atom. The number of fused-ring (bicyclic) bond motifs is 1. The number of benzene rings is 2. The number of hydrogen-bond acceptors (Lipinski definition) is 3. The van der Waals surface area contributed by atoms with E-state index in [4.69, 9.17) is 0 Å². The maximum absolute atomic E-state index is 14.1. The van der Waals surface area contributed by atoms with Crippen LogP contribution in [0.2, 0.25) is 0 Å². The summed E-state index contributed by atoms with van der Waals surface area (Å²) in [6.45, 7) is 1.81. The van der Waals surface area contributed by atoms with Gasteiger partial charge in [-0.3, -0.25) is 9.89 Å². The van der Waals surface area contributed by atoms with Crippen molar-refractivity contribution in [2.24, 2.45) is 0 Å². The molecule has 4 rings (SSSR count). The first-order valence-electron chi connectivity index (χ1n) is 8.47. The molecule has 0 radical (unpaired) electrons. The standard InChI is InChI=1S/C19H19FN4O/c20-16-4-2-1-3-14(16)12-5-6-17-15(11-12)18(24-23-17)19(25)22-13-7-9-21-10-8-13/h1-6,11,13,21H,7-10H2,(H,22,25)(H,23,24). The van der Waals surface area contributed by atoms with Crippen LogP contribution in [-0.4, -0.2) is 35.2 Å². The van der Waals surface area contributed by atoms with Crippen LogP contribution >= 0.6 is 0 Å². The number of hydrogen-bond donors (Lipinski definition) is 3. The molecular formula is C19H19FN4O. The summed E-state index contributed by atoms with van der Waals surface area (Å²) < 4.78 is 14.1. The summed E-state index contributed by atoms with van der Waals surface area (Å²) in [4.78, 5) is 12.6. The van der Waals surface area contributed by atoms with Crippen LogP contribution in [0.5, 0.6) is 0 Å². The monoisotopic (exact) mass is 338 g/mol. The lowest BCUT2D eigenvalue weighted by molar-refractivity contribution is 0.0926. The number of aromatic amines is 1. The van der Waals surface area contributed by atoms with Crippen molar-refractivity contribution in [2.75, 3.05) is 13.1 Å². The van der Waals surface area contributed by atoms with E-state index in [0.717, 1.165) is 37.0 Å².